The van der Waals surface area contributed by atoms with Gasteiger partial charge in [0.05, 0.1) is 6.04 Å². The maximum atomic E-state index is 12.0. The van der Waals surface area contributed by atoms with E-state index in [-0.39, 0.29) is 29.8 Å². The molecule has 0 aromatic heterocycles. The lowest BCUT2D eigenvalue weighted by molar-refractivity contribution is -0.125. The second-order valence-electron chi connectivity index (χ2n) is 5.18. The molecule has 0 aliphatic carbocycles. The molecule has 4 N–H and O–H groups in total. The van der Waals surface area contributed by atoms with E-state index in [1.807, 2.05) is 38.1 Å². The zero-order valence-electron chi connectivity index (χ0n) is 12.4. The van der Waals surface area contributed by atoms with Crippen molar-refractivity contribution in [1.82, 2.24) is 5.32 Å². The number of amides is 2. The van der Waals surface area contributed by atoms with E-state index >= 15 is 0 Å². The van der Waals surface area contributed by atoms with E-state index in [0.29, 0.717) is 0 Å². The van der Waals surface area contributed by atoms with Gasteiger partial charge in [0, 0.05) is 24.6 Å². The van der Waals surface area contributed by atoms with Gasteiger partial charge in [0.1, 0.15) is 0 Å². The monoisotopic (exact) mass is 277 g/mol. The Kier molecular flexibility index (Phi) is 5.70. The highest BCUT2D eigenvalue weighted by molar-refractivity contribution is 5.88. The third kappa shape index (κ3) is 4.66. The maximum Gasteiger partial charge on any atom is 0.224 e. The van der Waals surface area contributed by atoms with Crippen molar-refractivity contribution in [3.8, 4) is 0 Å². The van der Waals surface area contributed by atoms with E-state index in [9.17, 15) is 9.59 Å². The van der Waals surface area contributed by atoms with E-state index in [0.717, 1.165) is 11.3 Å². The first-order chi connectivity index (χ1) is 9.31. The molecule has 2 amide bonds. The van der Waals surface area contributed by atoms with Gasteiger partial charge in [0.25, 0.3) is 0 Å². The number of benzene rings is 1. The van der Waals surface area contributed by atoms with Crippen molar-refractivity contribution in [3.63, 3.8) is 0 Å². The van der Waals surface area contributed by atoms with Gasteiger partial charge >= 0.3 is 0 Å². The Labute approximate surface area is 119 Å². The van der Waals surface area contributed by atoms with Crippen LogP contribution in [0.4, 0.5) is 5.69 Å². The molecule has 0 aliphatic rings. The number of hydrogen-bond donors (Lipinski definition) is 3. The summed E-state index contributed by atoms with van der Waals surface area (Å²) < 4.78 is 0. The SMILES string of the molecule is CC(=O)Nc1cccc(C(C)NC(=O)C(C)C(C)N)c1. The molecule has 0 spiro atoms. The number of carbonyl (C=O) groups excluding carboxylic acids is 2. The minimum Gasteiger partial charge on any atom is -0.349 e. The van der Waals surface area contributed by atoms with Crippen molar-refractivity contribution in [1.29, 1.82) is 0 Å². The van der Waals surface area contributed by atoms with Gasteiger partial charge in [-0.1, -0.05) is 19.1 Å². The highest BCUT2D eigenvalue weighted by Gasteiger charge is 2.19. The van der Waals surface area contributed by atoms with Gasteiger partial charge in [-0.3, -0.25) is 9.59 Å². The molecule has 20 heavy (non-hydrogen) atoms. The molecule has 1 aromatic rings. The molecule has 110 valence electrons. The highest BCUT2D eigenvalue weighted by atomic mass is 16.2. The summed E-state index contributed by atoms with van der Waals surface area (Å²) >= 11 is 0. The summed E-state index contributed by atoms with van der Waals surface area (Å²) in [5.41, 5.74) is 7.37. The lowest BCUT2D eigenvalue weighted by Crippen LogP contribution is -2.39. The standard InChI is InChI=1S/C15H23N3O2/c1-9(10(2)16)15(20)17-11(3)13-6-5-7-14(8-13)18-12(4)19/h5-11H,16H2,1-4H3,(H,17,20)(H,18,19). The summed E-state index contributed by atoms with van der Waals surface area (Å²) in [4.78, 5) is 23.0. The van der Waals surface area contributed by atoms with Gasteiger partial charge < -0.3 is 16.4 Å². The Bertz CT molecular complexity index is 486. The molecule has 3 atom stereocenters. The quantitative estimate of drug-likeness (QED) is 0.767. The largest absolute Gasteiger partial charge is 0.349 e. The topological polar surface area (TPSA) is 84.2 Å². The summed E-state index contributed by atoms with van der Waals surface area (Å²) in [7, 11) is 0. The molecule has 5 nitrogen and oxygen atoms in total. The summed E-state index contributed by atoms with van der Waals surface area (Å²) in [5, 5.41) is 5.65. The first-order valence-electron chi connectivity index (χ1n) is 6.74. The number of carbonyl (C=O) groups is 2. The lowest BCUT2D eigenvalue weighted by Gasteiger charge is -2.20. The minimum absolute atomic E-state index is 0.0718. The molecule has 0 radical (unpaired) electrons. The Morgan fingerprint density at radius 1 is 1.20 bits per heavy atom. The lowest BCUT2D eigenvalue weighted by atomic mass is 10.0. The fourth-order valence-corrected chi connectivity index (χ4v) is 1.76. The van der Waals surface area contributed by atoms with E-state index < -0.39 is 0 Å². The van der Waals surface area contributed by atoms with Crippen molar-refractivity contribution in [2.75, 3.05) is 5.32 Å². The summed E-state index contributed by atoms with van der Waals surface area (Å²) in [6, 6.07) is 7.09. The molecule has 0 fully saturated rings. The number of rotatable bonds is 5. The fourth-order valence-electron chi connectivity index (χ4n) is 1.76. The Morgan fingerprint density at radius 2 is 1.85 bits per heavy atom. The van der Waals surface area contributed by atoms with Gasteiger partial charge in [0.2, 0.25) is 11.8 Å². The minimum atomic E-state index is -0.240. The molecular formula is C15H23N3O2. The molecular weight excluding hydrogens is 254 g/mol. The predicted molar refractivity (Wildman–Crippen MR) is 80.1 cm³/mol. The zero-order valence-corrected chi connectivity index (χ0v) is 12.4. The van der Waals surface area contributed by atoms with Crippen LogP contribution in [-0.4, -0.2) is 17.9 Å². The van der Waals surface area contributed by atoms with Crippen LogP contribution in [0.1, 0.15) is 39.3 Å². The number of anilines is 1. The van der Waals surface area contributed by atoms with Crippen molar-refractivity contribution in [2.45, 2.75) is 39.8 Å². The average Bonchev–Trinajstić information content (AvgIpc) is 2.37. The molecule has 5 heteroatoms. The van der Waals surface area contributed by atoms with Gasteiger partial charge in [-0.2, -0.15) is 0 Å². The van der Waals surface area contributed by atoms with Crippen LogP contribution >= 0.6 is 0 Å². The van der Waals surface area contributed by atoms with E-state index in [1.165, 1.54) is 6.92 Å². The molecule has 0 aliphatic heterocycles. The van der Waals surface area contributed by atoms with E-state index in [4.69, 9.17) is 5.73 Å². The van der Waals surface area contributed by atoms with Crippen LogP contribution in [0.5, 0.6) is 0 Å². The molecule has 3 unspecified atom stereocenters. The fraction of sp³-hybridized carbons (Fsp3) is 0.467. The molecule has 0 saturated carbocycles. The Morgan fingerprint density at radius 3 is 2.40 bits per heavy atom. The van der Waals surface area contributed by atoms with Crippen molar-refractivity contribution in [3.05, 3.63) is 29.8 Å². The van der Waals surface area contributed by atoms with Crippen molar-refractivity contribution in [2.24, 2.45) is 11.7 Å². The van der Waals surface area contributed by atoms with Gasteiger partial charge in [0.15, 0.2) is 0 Å². The van der Waals surface area contributed by atoms with Crippen LogP contribution < -0.4 is 16.4 Å². The molecule has 1 aromatic carbocycles. The Hall–Kier alpha value is -1.88. The molecule has 1 rings (SSSR count). The first-order valence-corrected chi connectivity index (χ1v) is 6.74. The van der Waals surface area contributed by atoms with E-state index in [2.05, 4.69) is 10.6 Å². The molecule has 0 heterocycles. The van der Waals surface area contributed by atoms with Crippen molar-refractivity contribution >= 4 is 17.5 Å². The third-order valence-electron chi connectivity index (χ3n) is 3.27. The molecule has 0 saturated heterocycles. The van der Waals surface area contributed by atoms with Gasteiger partial charge in [-0.05, 0) is 31.5 Å². The highest BCUT2D eigenvalue weighted by Crippen LogP contribution is 2.18. The van der Waals surface area contributed by atoms with Crippen LogP contribution in [0.25, 0.3) is 0 Å². The van der Waals surface area contributed by atoms with E-state index in [1.54, 1.807) is 6.92 Å². The van der Waals surface area contributed by atoms with Crippen LogP contribution in [0, 0.1) is 5.92 Å². The number of nitrogens with one attached hydrogen (secondary N) is 2. The summed E-state index contributed by atoms with van der Waals surface area (Å²) in [6.07, 6.45) is 0. The van der Waals surface area contributed by atoms with Gasteiger partial charge in [-0.15, -0.1) is 0 Å². The van der Waals surface area contributed by atoms with Crippen LogP contribution in [0.2, 0.25) is 0 Å². The van der Waals surface area contributed by atoms with Gasteiger partial charge in [-0.25, -0.2) is 0 Å². The third-order valence-corrected chi connectivity index (χ3v) is 3.27. The zero-order chi connectivity index (χ0) is 15.3. The number of hydrogen-bond acceptors (Lipinski definition) is 3. The van der Waals surface area contributed by atoms with Crippen LogP contribution in [0.3, 0.4) is 0 Å². The average molecular weight is 277 g/mol. The summed E-state index contributed by atoms with van der Waals surface area (Å²) in [6.45, 7) is 6.98. The number of nitrogens with two attached hydrogens (primary N) is 1. The van der Waals surface area contributed by atoms with Crippen LogP contribution in [-0.2, 0) is 9.59 Å². The molecule has 0 bridgehead atoms. The van der Waals surface area contributed by atoms with Crippen molar-refractivity contribution < 1.29 is 9.59 Å². The Balaban J connectivity index is 2.74. The second-order valence-corrected chi connectivity index (χ2v) is 5.18. The predicted octanol–water partition coefficient (Wildman–Crippen LogP) is 1.81. The maximum absolute atomic E-state index is 12.0. The normalized spacial score (nSPS) is 15.1. The smallest absolute Gasteiger partial charge is 0.224 e. The van der Waals surface area contributed by atoms with Crippen LogP contribution in [0.15, 0.2) is 24.3 Å². The second kappa shape index (κ2) is 7.05. The summed E-state index contributed by atoms with van der Waals surface area (Å²) in [5.74, 6) is -0.433. The first kappa shape index (κ1) is 16.2.